The maximum atomic E-state index is 8.55. The Kier molecular flexibility index (Phi) is 3.67. The Balaban J connectivity index is 2.99. The molecule has 1 N–H and O–H groups in total. The van der Waals surface area contributed by atoms with Crippen molar-refractivity contribution >= 4 is 17.7 Å². The van der Waals surface area contributed by atoms with Gasteiger partial charge < -0.3 is 9.84 Å². The maximum Gasteiger partial charge on any atom is 0.225 e. The second kappa shape index (κ2) is 4.79. The molecule has 0 fully saturated rings. The zero-order chi connectivity index (χ0) is 9.68. The zero-order valence-corrected chi connectivity index (χ0v) is 7.82. The van der Waals surface area contributed by atoms with E-state index in [4.69, 9.17) is 21.4 Å². The highest BCUT2D eigenvalue weighted by atomic mass is 35.5. The summed E-state index contributed by atoms with van der Waals surface area (Å²) in [6.45, 7) is -0.0359. The van der Waals surface area contributed by atoms with Gasteiger partial charge in [-0.3, -0.25) is 0 Å². The molecule has 1 rings (SSSR count). The molecule has 1 aromatic heterocycles. The number of nitrogens with zero attached hydrogens (tertiary/aromatic N) is 2. The zero-order valence-electron chi connectivity index (χ0n) is 7.07. The molecule has 0 unspecified atom stereocenters. The summed E-state index contributed by atoms with van der Waals surface area (Å²) in [4.78, 5) is 7.63. The molecule has 0 aromatic carbocycles. The first-order chi connectivity index (χ1) is 6.27. The van der Waals surface area contributed by atoms with Crippen LogP contribution in [-0.4, -0.2) is 28.8 Å². The molecule has 0 spiro atoms. The van der Waals surface area contributed by atoms with E-state index in [1.54, 1.807) is 12.2 Å². The van der Waals surface area contributed by atoms with Crippen molar-refractivity contribution in [2.75, 3.05) is 13.7 Å². The van der Waals surface area contributed by atoms with Crippen LogP contribution in [0.25, 0.3) is 6.08 Å². The number of rotatable bonds is 3. The first-order valence-electron chi connectivity index (χ1n) is 3.62. The summed E-state index contributed by atoms with van der Waals surface area (Å²) in [7, 11) is 1.49. The third-order valence-corrected chi connectivity index (χ3v) is 1.53. The molecule has 5 heteroatoms. The van der Waals surface area contributed by atoms with Gasteiger partial charge in [0.15, 0.2) is 0 Å². The van der Waals surface area contributed by atoms with Gasteiger partial charge in [0.25, 0.3) is 0 Å². The Labute approximate surface area is 80.9 Å². The Morgan fingerprint density at radius 1 is 1.69 bits per heavy atom. The average molecular weight is 201 g/mol. The molecule has 0 bridgehead atoms. The van der Waals surface area contributed by atoms with Gasteiger partial charge in [0.2, 0.25) is 11.2 Å². The average Bonchev–Trinajstić information content (AvgIpc) is 2.16. The fourth-order valence-corrected chi connectivity index (χ4v) is 0.938. The van der Waals surface area contributed by atoms with Crippen molar-refractivity contribution < 1.29 is 9.84 Å². The van der Waals surface area contributed by atoms with E-state index >= 15 is 0 Å². The Morgan fingerprint density at radius 3 is 3.08 bits per heavy atom. The molecule has 0 saturated carbocycles. The molecule has 0 aliphatic rings. The standard InChI is InChI=1S/C8H9ClN2O2/c1-13-7-6(3-2-4-12)5-10-8(9)11-7/h2-3,5,12H,4H2,1H3. The molecule has 0 aliphatic carbocycles. The number of hydrogen-bond donors (Lipinski definition) is 1. The minimum atomic E-state index is -0.0359. The van der Waals surface area contributed by atoms with Gasteiger partial charge in [-0.1, -0.05) is 6.08 Å². The second-order valence-electron chi connectivity index (χ2n) is 2.19. The maximum absolute atomic E-state index is 8.55. The lowest BCUT2D eigenvalue weighted by Crippen LogP contribution is -1.93. The van der Waals surface area contributed by atoms with Crippen LogP contribution in [-0.2, 0) is 0 Å². The highest BCUT2D eigenvalue weighted by molar-refractivity contribution is 6.28. The number of methoxy groups -OCH3 is 1. The molecule has 70 valence electrons. The predicted octanol–water partition coefficient (Wildman–Crippen LogP) is 1.14. The van der Waals surface area contributed by atoms with Crippen LogP contribution in [0.4, 0.5) is 0 Å². The van der Waals surface area contributed by atoms with Gasteiger partial charge in [0.05, 0.1) is 19.3 Å². The van der Waals surface area contributed by atoms with Gasteiger partial charge in [0, 0.05) is 6.20 Å². The smallest absolute Gasteiger partial charge is 0.225 e. The van der Waals surface area contributed by atoms with Crippen LogP contribution < -0.4 is 4.74 Å². The molecule has 0 amide bonds. The second-order valence-corrected chi connectivity index (χ2v) is 2.53. The van der Waals surface area contributed by atoms with Gasteiger partial charge in [-0.15, -0.1) is 0 Å². The summed E-state index contributed by atoms with van der Waals surface area (Å²) >= 11 is 5.55. The highest BCUT2D eigenvalue weighted by Crippen LogP contribution is 2.17. The number of halogens is 1. The van der Waals surface area contributed by atoms with Crippen LogP contribution in [0.15, 0.2) is 12.3 Å². The number of ether oxygens (including phenoxy) is 1. The molecule has 0 radical (unpaired) electrons. The summed E-state index contributed by atoms with van der Waals surface area (Å²) in [6.07, 6.45) is 4.75. The Hall–Kier alpha value is -1.13. The van der Waals surface area contributed by atoms with Crippen LogP contribution in [0.3, 0.4) is 0 Å². The first kappa shape index (κ1) is 9.95. The lowest BCUT2D eigenvalue weighted by atomic mass is 10.3. The van der Waals surface area contributed by atoms with Gasteiger partial charge in [-0.2, -0.15) is 4.98 Å². The fraction of sp³-hybridized carbons (Fsp3) is 0.250. The van der Waals surface area contributed by atoms with Gasteiger partial charge in [0.1, 0.15) is 0 Å². The van der Waals surface area contributed by atoms with Crippen LogP contribution >= 0.6 is 11.6 Å². The third-order valence-electron chi connectivity index (χ3n) is 1.35. The first-order valence-corrected chi connectivity index (χ1v) is 3.99. The third kappa shape index (κ3) is 2.68. The van der Waals surface area contributed by atoms with E-state index in [-0.39, 0.29) is 11.9 Å². The SMILES string of the molecule is COc1nc(Cl)ncc1C=CCO. The van der Waals surface area contributed by atoms with Gasteiger partial charge in [-0.25, -0.2) is 4.98 Å². The number of aliphatic hydroxyl groups excluding tert-OH is 1. The molecule has 1 heterocycles. The molecular formula is C8H9ClN2O2. The van der Waals surface area contributed by atoms with E-state index in [0.29, 0.717) is 11.4 Å². The predicted molar refractivity (Wildman–Crippen MR) is 49.7 cm³/mol. The van der Waals surface area contributed by atoms with E-state index in [0.717, 1.165) is 0 Å². The summed E-state index contributed by atoms with van der Waals surface area (Å²) in [5.41, 5.74) is 0.681. The van der Waals surface area contributed by atoms with E-state index in [1.165, 1.54) is 13.3 Å². The molecule has 0 atom stereocenters. The van der Waals surface area contributed by atoms with E-state index < -0.39 is 0 Å². The van der Waals surface area contributed by atoms with Crippen LogP contribution in [0.5, 0.6) is 5.88 Å². The van der Waals surface area contributed by atoms with Gasteiger partial charge >= 0.3 is 0 Å². The highest BCUT2D eigenvalue weighted by Gasteiger charge is 2.02. The van der Waals surface area contributed by atoms with Crippen molar-refractivity contribution in [2.45, 2.75) is 0 Å². The monoisotopic (exact) mass is 200 g/mol. The Morgan fingerprint density at radius 2 is 2.46 bits per heavy atom. The minimum Gasteiger partial charge on any atom is -0.480 e. The lowest BCUT2D eigenvalue weighted by Gasteiger charge is -2.01. The van der Waals surface area contributed by atoms with Crippen molar-refractivity contribution in [3.8, 4) is 5.88 Å². The summed E-state index contributed by atoms with van der Waals surface area (Å²) in [5.74, 6) is 0.393. The molecule has 0 aliphatic heterocycles. The minimum absolute atomic E-state index is 0.0359. The molecular weight excluding hydrogens is 192 g/mol. The number of hydrogen-bond acceptors (Lipinski definition) is 4. The summed E-state index contributed by atoms with van der Waals surface area (Å²) < 4.78 is 4.95. The summed E-state index contributed by atoms with van der Waals surface area (Å²) in [6, 6.07) is 0. The van der Waals surface area contributed by atoms with Crippen LogP contribution in [0.1, 0.15) is 5.56 Å². The van der Waals surface area contributed by atoms with E-state index in [2.05, 4.69) is 9.97 Å². The van der Waals surface area contributed by atoms with Crippen LogP contribution in [0.2, 0.25) is 5.28 Å². The van der Waals surface area contributed by atoms with Crippen LogP contribution in [0, 0.1) is 0 Å². The van der Waals surface area contributed by atoms with Gasteiger partial charge in [-0.05, 0) is 17.7 Å². The largest absolute Gasteiger partial charge is 0.480 e. The number of aliphatic hydroxyl groups is 1. The molecule has 1 aromatic rings. The molecule has 4 nitrogen and oxygen atoms in total. The van der Waals surface area contributed by atoms with Crippen molar-refractivity contribution in [2.24, 2.45) is 0 Å². The normalized spacial score (nSPS) is 10.7. The van der Waals surface area contributed by atoms with Crippen molar-refractivity contribution in [3.63, 3.8) is 0 Å². The van der Waals surface area contributed by atoms with Crippen molar-refractivity contribution in [1.82, 2.24) is 9.97 Å². The lowest BCUT2D eigenvalue weighted by molar-refractivity contribution is 0.343. The van der Waals surface area contributed by atoms with E-state index in [9.17, 15) is 0 Å². The number of aromatic nitrogens is 2. The fourth-order valence-electron chi connectivity index (χ4n) is 0.813. The Bertz CT molecular complexity index is 315. The molecule has 13 heavy (non-hydrogen) atoms. The topological polar surface area (TPSA) is 55.2 Å². The molecule has 0 saturated heterocycles. The summed E-state index contributed by atoms with van der Waals surface area (Å²) in [5, 5.41) is 8.69. The van der Waals surface area contributed by atoms with Crippen molar-refractivity contribution in [1.29, 1.82) is 0 Å². The van der Waals surface area contributed by atoms with Crippen molar-refractivity contribution in [3.05, 3.63) is 23.1 Å². The quantitative estimate of drug-likeness (QED) is 0.744. The van der Waals surface area contributed by atoms with E-state index in [1.807, 2.05) is 0 Å².